The number of rotatable bonds is 6. The molecule has 28 heavy (non-hydrogen) atoms. The van der Waals surface area contributed by atoms with Crippen LogP contribution in [0.25, 0.3) is 0 Å². The third-order valence-corrected chi connectivity index (χ3v) is 7.17. The van der Waals surface area contributed by atoms with Crippen molar-refractivity contribution in [1.82, 2.24) is 14.8 Å². The van der Waals surface area contributed by atoms with Gasteiger partial charge in [-0.3, -0.25) is 9.59 Å². The summed E-state index contributed by atoms with van der Waals surface area (Å²) in [6.07, 6.45) is -0.506. The molecule has 0 aliphatic carbocycles. The predicted molar refractivity (Wildman–Crippen MR) is 101 cm³/mol. The second-order valence-corrected chi connectivity index (χ2v) is 9.04. The molecule has 0 radical (unpaired) electrons. The highest BCUT2D eigenvalue weighted by molar-refractivity contribution is 8.03. The Hall–Kier alpha value is -2.14. The van der Waals surface area contributed by atoms with Crippen molar-refractivity contribution in [2.24, 2.45) is 17.1 Å². The van der Waals surface area contributed by atoms with Gasteiger partial charge < -0.3 is 20.0 Å². The van der Waals surface area contributed by atoms with Crippen LogP contribution < -0.4 is 0 Å². The van der Waals surface area contributed by atoms with Crippen molar-refractivity contribution in [3.05, 3.63) is 15.5 Å². The lowest BCUT2D eigenvalue weighted by Crippen LogP contribution is -2.63. The van der Waals surface area contributed by atoms with Crippen LogP contribution in [0, 0.1) is 16.7 Å². The Bertz CT molecular complexity index is 754. The normalized spacial score (nSPS) is 32.9. The minimum atomic E-state index is -1.20. The van der Waals surface area contributed by atoms with E-state index in [0.29, 0.717) is 11.3 Å². The number of hydrogen-bond acceptors (Lipinski definition) is 7. The Balaban J connectivity index is 1.84. The predicted octanol–water partition coefficient (Wildman–Crippen LogP) is 0.0858. The summed E-state index contributed by atoms with van der Waals surface area (Å²) in [7, 11) is 3.20. The number of aliphatic hydroxyl groups excluding tert-OH is 1. The zero-order valence-electron chi connectivity index (χ0n) is 16.1. The van der Waals surface area contributed by atoms with Gasteiger partial charge in [-0.15, -0.1) is 16.7 Å². The molecule has 0 bridgehead atoms. The molecule has 2 amide bonds. The number of nitroso groups, excluding NO2 is 1. The molecule has 3 aliphatic heterocycles. The maximum Gasteiger partial charge on any atom is 0.353 e. The molecule has 10 nitrogen and oxygen atoms in total. The van der Waals surface area contributed by atoms with Gasteiger partial charge in [0, 0.05) is 30.2 Å². The summed E-state index contributed by atoms with van der Waals surface area (Å²) < 4.78 is 0. The summed E-state index contributed by atoms with van der Waals surface area (Å²) in [5.74, 6) is -2.69. The molecule has 2 saturated heterocycles. The van der Waals surface area contributed by atoms with E-state index in [0.717, 1.165) is 0 Å². The summed E-state index contributed by atoms with van der Waals surface area (Å²) in [5, 5.41) is 23.5. The minimum absolute atomic E-state index is 0.0580. The summed E-state index contributed by atoms with van der Waals surface area (Å²) in [6.45, 7) is 3.59. The first kappa shape index (κ1) is 20.6. The van der Waals surface area contributed by atoms with Crippen molar-refractivity contribution in [2.45, 2.75) is 43.7 Å². The lowest BCUT2D eigenvalue weighted by molar-refractivity contribution is -0.163. The maximum atomic E-state index is 12.4. The van der Waals surface area contributed by atoms with Gasteiger partial charge in [0.15, 0.2) is 0 Å². The fourth-order valence-corrected chi connectivity index (χ4v) is 5.86. The molecule has 11 heteroatoms. The van der Waals surface area contributed by atoms with Gasteiger partial charge in [0.1, 0.15) is 11.7 Å². The van der Waals surface area contributed by atoms with Gasteiger partial charge in [0.2, 0.25) is 11.8 Å². The number of likely N-dealkylation sites (N-methyl/N-ethyl adjacent to an activating group) is 1. The van der Waals surface area contributed by atoms with E-state index in [4.69, 9.17) is 0 Å². The fraction of sp³-hybridized carbons (Fsp3) is 0.706. The Labute approximate surface area is 166 Å². The summed E-state index contributed by atoms with van der Waals surface area (Å²) in [5.41, 5.74) is -0.0580. The van der Waals surface area contributed by atoms with E-state index in [1.54, 1.807) is 14.1 Å². The largest absolute Gasteiger partial charge is 0.477 e. The van der Waals surface area contributed by atoms with Crippen LogP contribution in [0.2, 0.25) is 0 Å². The lowest BCUT2D eigenvalue weighted by Gasteiger charge is -2.46. The van der Waals surface area contributed by atoms with Gasteiger partial charge in [-0.2, -0.15) is 0 Å². The molecule has 3 rings (SSSR count). The first-order valence-electron chi connectivity index (χ1n) is 9.06. The quantitative estimate of drug-likeness (QED) is 0.463. The van der Waals surface area contributed by atoms with E-state index in [9.17, 15) is 29.5 Å². The van der Waals surface area contributed by atoms with Crippen molar-refractivity contribution in [3.63, 3.8) is 0 Å². The van der Waals surface area contributed by atoms with E-state index < -0.39 is 24.0 Å². The van der Waals surface area contributed by atoms with E-state index in [1.807, 2.05) is 6.92 Å². The zero-order valence-corrected chi connectivity index (χ0v) is 16.9. The Morgan fingerprint density at radius 2 is 2.00 bits per heavy atom. The minimum Gasteiger partial charge on any atom is -0.477 e. The van der Waals surface area contributed by atoms with Crippen LogP contribution in [-0.4, -0.2) is 86.9 Å². The van der Waals surface area contributed by atoms with Gasteiger partial charge in [0.05, 0.1) is 29.9 Å². The van der Waals surface area contributed by atoms with Gasteiger partial charge >= 0.3 is 5.97 Å². The van der Waals surface area contributed by atoms with Gasteiger partial charge in [0.25, 0.3) is 0 Å². The Morgan fingerprint density at radius 1 is 1.36 bits per heavy atom. The number of aliphatic hydroxyl groups is 1. The second-order valence-electron chi connectivity index (χ2n) is 7.70. The highest BCUT2D eigenvalue weighted by atomic mass is 32.2. The number of β-lactam (4-membered cyclic amide) rings is 1. The molecule has 0 spiro atoms. The number of aliphatic carboxylic acids is 1. The molecule has 3 aliphatic rings. The number of fused-ring (bicyclic) bond motifs is 1. The van der Waals surface area contributed by atoms with Crippen LogP contribution in [0.5, 0.6) is 0 Å². The van der Waals surface area contributed by atoms with Crippen molar-refractivity contribution in [2.75, 3.05) is 20.6 Å². The van der Waals surface area contributed by atoms with Crippen LogP contribution in [-0.2, 0) is 14.4 Å². The third-order valence-electron chi connectivity index (χ3n) is 5.67. The number of amides is 2. The number of nitrogens with zero attached hydrogens (tertiary/aromatic N) is 4. The Morgan fingerprint density at radius 3 is 2.50 bits per heavy atom. The monoisotopic (exact) mass is 412 g/mol. The van der Waals surface area contributed by atoms with Gasteiger partial charge in [-0.25, -0.2) is 9.80 Å². The average Bonchev–Trinajstić information content (AvgIpc) is 3.12. The maximum absolute atomic E-state index is 12.4. The van der Waals surface area contributed by atoms with Crippen LogP contribution in [0.15, 0.2) is 15.9 Å². The summed E-state index contributed by atoms with van der Waals surface area (Å²) >= 11 is 1.29. The molecule has 0 aromatic heterocycles. The average molecular weight is 412 g/mol. The number of carbonyl (C=O) groups excluding carboxylic acids is 2. The zero-order chi connectivity index (χ0) is 20.9. The van der Waals surface area contributed by atoms with Gasteiger partial charge in [-0.1, -0.05) is 6.92 Å². The molecule has 0 saturated carbocycles. The number of hydrogen-bond donors (Lipinski definition) is 2. The summed E-state index contributed by atoms with van der Waals surface area (Å²) in [4.78, 5) is 50.9. The van der Waals surface area contributed by atoms with Crippen LogP contribution >= 0.6 is 11.8 Å². The number of carbonyl (C=O) groups is 3. The number of thioether (sulfide) groups is 1. The van der Waals surface area contributed by atoms with Crippen LogP contribution in [0.3, 0.4) is 0 Å². The van der Waals surface area contributed by atoms with Crippen molar-refractivity contribution in [3.8, 4) is 0 Å². The molecule has 3 heterocycles. The highest BCUT2D eigenvalue weighted by Crippen LogP contribution is 2.52. The van der Waals surface area contributed by atoms with Crippen LogP contribution in [0.4, 0.5) is 0 Å². The van der Waals surface area contributed by atoms with E-state index in [1.165, 1.54) is 33.5 Å². The first-order chi connectivity index (χ1) is 13.1. The molecule has 6 atom stereocenters. The van der Waals surface area contributed by atoms with Crippen molar-refractivity contribution < 1.29 is 24.6 Å². The molecule has 154 valence electrons. The van der Waals surface area contributed by atoms with Crippen LogP contribution in [0.1, 0.15) is 20.3 Å². The SMILES string of the molecule is C[C@@H](O)C1C(=O)N2C(C(=O)O)=C(S[C@H]3C[C@@H](C(=O)N(C)C)N(N=O)C3)[C@H](C)[C@H]12. The highest BCUT2D eigenvalue weighted by Gasteiger charge is 2.60. The molecule has 0 aromatic carbocycles. The molecule has 2 fully saturated rings. The first-order valence-corrected chi connectivity index (χ1v) is 9.94. The Kier molecular flexibility index (Phi) is 5.41. The summed E-state index contributed by atoms with van der Waals surface area (Å²) in [6, 6.07) is -1.07. The molecular weight excluding hydrogens is 388 g/mol. The molecule has 2 N–H and O–H groups in total. The molecule has 1 unspecified atom stereocenters. The molecule has 0 aromatic rings. The van der Waals surface area contributed by atoms with Gasteiger partial charge in [-0.05, 0) is 13.3 Å². The van der Waals surface area contributed by atoms with E-state index in [2.05, 4.69) is 5.29 Å². The number of carboxylic acids is 1. The second kappa shape index (κ2) is 7.36. The van der Waals surface area contributed by atoms with E-state index >= 15 is 0 Å². The topological polar surface area (TPSA) is 131 Å². The van der Waals surface area contributed by atoms with Crippen molar-refractivity contribution in [1.29, 1.82) is 0 Å². The molecular formula is C17H24N4O6S. The number of carboxylic acid groups (broad SMARTS) is 1. The van der Waals surface area contributed by atoms with E-state index in [-0.39, 0.29) is 41.3 Å². The standard InChI is InChI=1S/C17H24N4O6S/c1-7-12-11(8(2)22)16(24)21(12)13(17(25)26)14(7)28-9-5-10(15(23)19(3)4)20(6-9)18-27/h7-12,22H,5-6H2,1-4H3,(H,25,26)/t7-,8-,9+,10+,11?,12-/m1/s1. The fourth-order valence-electron chi connectivity index (χ4n) is 4.34. The third kappa shape index (κ3) is 3.06. The van der Waals surface area contributed by atoms with Crippen molar-refractivity contribution >= 4 is 29.5 Å². The lowest BCUT2D eigenvalue weighted by atomic mass is 9.79. The smallest absolute Gasteiger partial charge is 0.353 e.